The molecule has 4 nitrogen and oxygen atoms in total. The molecule has 4 heteroatoms. The molecule has 0 saturated heterocycles. The third kappa shape index (κ3) is 2.26. The van der Waals surface area contributed by atoms with E-state index in [1.54, 1.807) is 6.92 Å². The highest BCUT2D eigenvalue weighted by Crippen LogP contribution is 2.48. The zero-order valence-corrected chi connectivity index (χ0v) is 10.5. The zero-order chi connectivity index (χ0) is 13.2. The van der Waals surface area contributed by atoms with Crippen LogP contribution < -0.4 is 5.32 Å². The minimum absolute atomic E-state index is 0.112. The number of carbonyl (C=O) groups excluding carboxylic acids is 1. The van der Waals surface area contributed by atoms with Crippen LogP contribution in [-0.2, 0) is 10.2 Å². The van der Waals surface area contributed by atoms with Gasteiger partial charge in [-0.15, -0.1) is 0 Å². The van der Waals surface area contributed by atoms with Gasteiger partial charge in [0.15, 0.2) is 0 Å². The minimum atomic E-state index is -0.957. The summed E-state index contributed by atoms with van der Waals surface area (Å²) in [4.78, 5) is 12.3. The van der Waals surface area contributed by atoms with Gasteiger partial charge >= 0.3 is 0 Å². The Bertz CT molecular complexity index is 422. The maximum absolute atomic E-state index is 12.3. The summed E-state index contributed by atoms with van der Waals surface area (Å²) >= 11 is 0. The number of rotatable bonds is 5. The molecule has 1 aromatic rings. The van der Waals surface area contributed by atoms with E-state index in [2.05, 4.69) is 5.32 Å². The van der Waals surface area contributed by atoms with Gasteiger partial charge in [0.1, 0.15) is 0 Å². The third-order valence-electron chi connectivity index (χ3n) is 3.62. The van der Waals surface area contributed by atoms with Crippen LogP contribution in [0.5, 0.6) is 0 Å². The summed E-state index contributed by atoms with van der Waals surface area (Å²) in [6, 6.07) is 9.65. The van der Waals surface area contributed by atoms with E-state index in [4.69, 9.17) is 0 Å². The number of hydrogen-bond donors (Lipinski definition) is 3. The van der Waals surface area contributed by atoms with Crippen molar-refractivity contribution in [3.8, 4) is 0 Å². The van der Waals surface area contributed by atoms with E-state index in [-0.39, 0.29) is 19.1 Å². The molecule has 2 rings (SSSR count). The molecule has 0 aliphatic heterocycles. The standard InChI is InChI=1S/C14H19NO3/c1-13(9-16,10-17)15-12(18)14(7-8-14)11-5-3-2-4-6-11/h2-6,16-17H,7-10H2,1H3,(H,15,18). The highest BCUT2D eigenvalue weighted by Gasteiger charge is 2.52. The maximum atomic E-state index is 12.3. The molecule has 18 heavy (non-hydrogen) atoms. The quantitative estimate of drug-likeness (QED) is 0.715. The average molecular weight is 249 g/mol. The Hall–Kier alpha value is -1.39. The predicted molar refractivity (Wildman–Crippen MR) is 68.1 cm³/mol. The molecular weight excluding hydrogens is 230 g/mol. The molecule has 0 spiro atoms. The Morgan fingerprint density at radius 2 is 1.83 bits per heavy atom. The fourth-order valence-corrected chi connectivity index (χ4v) is 2.05. The number of benzene rings is 1. The largest absolute Gasteiger partial charge is 0.394 e. The third-order valence-corrected chi connectivity index (χ3v) is 3.62. The van der Waals surface area contributed by atoms with Gasteiger partial charge in [0.2, 0.25) is 5.91 Å². The maximum Gasteiger partial charge on any atom is 0.231 e. The molecule has 1 aromatic carbocycles. The van der Waals surface area contributed by atoms with Crippen molar-refractivity contribution in [3.05, 3.63) is 35.9 Å². The second-order valence-electron chi connectivity index (χ2n) is 5.28. The van der Waals surface area contributed by atoms with Gasteiger partial charge in [-0.3, -0.25) is 4.79 Å². The molecule has 3 N–H and O–H groups in total. The van der Waals surface area contributed by atoms with Crippen molar-refractivity contribution in [3.63, 3.8) is 0 Å². The normalized spacial score (nSPS) is 17.3. The fourth-order valence-electron chi connectivity index (χ4n) is 2.05. The number of aliphatic hydroxyl groups excluding tert-OH is 2. The molecule has 0 aromatic heterocycles. The minimum Gasteiger partial charge on any atom is -0.394 e. The first-order valence-corrected chi connectivity index (χ1v) is 6.16. The van der Waals surface area contributed by atoms with E-state index in [1.807, 2.05) is 30.3 Å². The van der Waals surface area contributed by atoms with Crippen molar-refractivity contribution in [2.45, 2.75) is 30.7 Å². The summed E-state index contributed by atoms with van der Waals surface area (Å²) < 4.78 is 0. The van der Waals surface area contributed by atoms with E-state index in [0.717, 1.165) is 18.4 Å². The molecule has 1 saturated carbocycles. The van der Waals surface area contributed by atoms with E-state index < -0.39 is 11.0 Å². The van der Waals surface area contributed by atoms with E-state index in [0.29, 0.717) is 0 Å². The predicted octanol–water partition coefficient (Wildman–Crippen LogP) is 0.578. The first kappa shape index (κ1) is 13.1. The van der Waals surface area contributed by atoms with Gasteiger partial charge in [-0.25, -0.2) is 0 Å². The van der Waals surface area contributed by atoms with Crippen LogP contribution >= 0.6 is 0 Å². The molecule has 0 heterocycles. The highest BCUT2D eigenvalue weighted by atomic mass is 16.3. The smallest absolute Gasteiger partial charge is 0.231 e. The number of aliphatic hydroxyl groups is 2. The Balaban J connectivity index is 2.15. The summed E-state index contributed by atoms with van der Waals surface area (Å²) in [5, 5.41) is 21.2. The Morgan fingerprint density at radius 1 is 1.28 bits per heavy atom. The van der Waals surface area contributed by atoms with Gasteiger partial charge in [-0.2, -0.15) is 0 Å². The van der Waals surface area contributed by atoms with Crippen LogP contribution in [0, 0.1) is 0 Å². The van der Waals surface area contributed by atoms with Crippen LogP contribution in [0.4, 0.5) is 0 Å². The van der Waals surface area contributed by atoms with Crippen molar-refractivity contribution in [1.29, 1.82) is 0 Å². The van der Waals surface area contributed by atoms with Crippen LogP contribution in [-0.4, -0.2) is 34.9 Å². The van der Waals surface area contributed by atoms with Gasteiger partial charge in [0.05, 0.1) is 24.2 Å². The molecular formula is C14H19NO3. The first-order valence-electron chi connectivity index (χ1n) is 6.16. The molecule has 1 fully saturated rings. The lowest BCUT2D eigenvalue weighted by molar-refractivity contribution is -0.126. The van der Waals surface area contributed by atoms with Crippen molar-refractivity contribution in [2.24, 2.45) is 0 Å². The van der Waals surface area contributed by atoms with Gasteiger partial charge in [0, 0.05) is 0 Å². The Labute approximate surface area is 107 Å². The van der Waals surface area contributed by atoms with Gasteiger partial charge in [-0.1, -0.05) is 30.3 Å². The molecule has 1 aliphatic carbocycles. The van der Waals surface area contributed by atoms with E-state index in [1.165, 1.54) is 0 Å². The zero-order valence-electron chi connectivity index (χ0n) is 10.5. The summed E-state index contributed by atoms with van der Waals surface area (Å²) in [5.41, 5.74) is -0.422. The second-order valence-corrected chi connectivity index (χ2v) is 5.28. The van der Waals surface area contributed by atoms with Gasteiger partial charge in [0.25, 0.3) is 0 Å². The van der Waals surface area contributed by atoms with Crippen LogP contribution in [0.1, 0.15) is 25.3 Å². The highest BCUT2D eigenvalue weighted by molar-refractivity contribution is 5.91. The van der Waals surface area contributed by atoms with Crippen molar-refractivity contribution in [2.75, 3.05) is 13.2 Å². The number of nitrogens with one attached hydrogen (secondary N) is 1. The second kappa shape index (κ2) is 4.71. The molecule has 1 aliphatic rings. The average Bonchev–Trinajstić information content (AvgIpc) is 3.21. The lowest BCUT2D eigenvalue weighted by atomic mass is 9.93. The van der Waals surface area contributed by atoms with Crippen molar-refractivity contribution < 1.29 is 15.0 Å². The van der Waals surface area contributed by atoms with Crippen molar-refractivity contribution >= 4 is 5.91 Å². The molecule has 0 radical (unpaired) electrons. The van der Waals surface area contributed by atoms with Crippen molar-refractivity contribution in [1.82, 2.24) is 5.32 Å². The summed E-state index contributed by atoms with van der Waals surface area (Å²) in [5.74, 6) is -0.112. The first-order chi connectivity index (χ1) is 8.56. The molecule has 1 amide bonds. The molecule has 0 bridgehead atoms. The number of amides is 1. The molecule has 0 atom stereocenters. The van der Waals surface area contributed by atoms with Gasteiger partial charge < -0.3 is 15.5 Å². The summed E-state index contributed by atoms with van der Waals surface area (Å²) in [6.07, 6.45) is 1.63. The van der Waals surface area contributed by atoms with Gasteiger partial charge in [-0.05, 0) is 25.3 Å². The summed E-state index contributed by atoms with van der Waals surface area (Å²) in [7, 11) is 0. The fraction of sp³-hybridized carbons (Fsp3) is 0.500. The monoisotopic (exact) mass is 249 g/mol. The van der Waals surface area contributed by atoms with Crippen LogP contribution in [0.2, 0.25) is 0 Å². The Kier molecular flexibility index (Phi) is 3.41. The lowest BCUT2D eigenvalue weighted by Crippen LogP contribution is -2.54. The SMILES string of the molecule is CC(CO)(CO)NC(=O)C1(c2ccccc2)CC1. The van der Waals surface area contributed by atoms with Crippen LogP contribution in [0.25, 0.3) is 0 Å². The van der Waals surface area contributed by atoms with E-state index in [9.17, 15) is 15.0 Å². The number of hydrogen-bond acceptors (Lipinski definition) is 3. The Morgan fingerprint density at radius 3 is 2.28 bits per heavy atom. The van der Waals surface area contributed by atoms with E-state index >= 15 is 0 Å². The topological polar surface area (TPSA) is 69.6 Å². The van der Waals surface area contributed by atoms with Crippen LogP contribution in [0.3, 0.4) is 0 Å². The lowest BCUT2D eigenvalue weighted by Gasteiger charge is -2.29. The number of carbonyl (C=O) groups is 1. The molecule has 0 unspecified atom stereocenters. The van der Waals surface area contributed by atoms with Crippen LogP contribution in [0.15, 0.2) is 30.3 Å². The summed E-state index contributed by atoms with van der Waals surface area (Å²) in [6.45, 7) is 1.08. The molecule has 98 valence electrons.